The topological polar surface area (TPSA) is 17.8 Å². The fourth-order valence-electron chi connectivity index (χ4n) is 2.05. The first kappa shape index (κ1) is 12.0. The summed E-state index contributed by atoms with van der Waals surface area (Å²) in [6.45, 7) is 0. The van der Waals surface area contributed by atoms with E-state index in [1.54, 1.807) is 6.20 Å². The van der Waals surface area contributed by atoms with Crippen LogP contribution in [0.4, 0.5) is 0 Å². The Kier molecular flexibility index (Phi) is 3.34. The quantitative estimate of drug-likeness (QED) is 0.699. The lowest BCUT2D eigenvalue weighted by molar-refractivity contribution is 0.879. The highest BCUT2D eigenvalue weighted by atomic mass is 35.5. The van der Waals surface area contributed by atoms with Crippen molar-refractivity contribution in [2.75, 3.05) is 0 Å². The van der Waals surface area contributed by atoms with Crippen LogP contribution >= 0.6 is 11.6 Å². The summed E-state index contributed by atoms with van der Waals surface area (Å²) in [6.07, 6.45) is 4.56. The Morgan fingerprint density at radius 1 is 0.947 bits per heavy atom. The first-order chi connectivity index (χ1) is 9.33. The number of hydrogen-bond acceptors (Lipinski definition) is 1. The minimum Gasteiger partial charge on any atom is -0.241 e. The Hall–Kier alpha value is -2.06. The molecule has 3 rings (SSSR count). The molecule has 0 fully saturated rings. The molecule has 0 spiro atoms. The summed E-state index contributed by atoms with van der Waals surface area (Å²) < 4.78 is 1.85. The summed E-state index contributed by atoms with van der Waals surface area (Å²) in [6, 6.07) is 18.2. The third-order valence-corrected chi connectivity index (χ3v) is 3.43. The van der Waals surface area contributed by atoms with Crippen molar-refractivity contribution >= 4 is 11.6 Å². The van der Waals surface area contributed by atoms with Gasteiger partial charge in [0.05, 0.1) is 5.69 Å². The maximum Gasteiger partial charge on any atom is 0.0645 e. The van der Waals surface area contributed by atoms with E-state index in [0.29, 0.717) is 0 Å². The van der Waals surface area contributed by atoms with Gasteiger partial charge in [-0.1, -0.05) is 41.9 Å². The summed E-state index contributed by atoms with van der Waals surface area (Å²) in [5, 5.41) is 5.03. The zero-order valence-electron chi connectivity index (χ0n) is 10.3. The summed E-state index contributed by atoms with van der Waals surface area (Å²) in [5.41, 5.74) is 3.45. The smallest absolute Gasteiger partial charge is 0.0645 e. The van der Waals surface area contributed by atoms with E-state index in [-0.39, 0.29) is 0 Å². The van der Waals surface area contributed by atoms with Crippen molar-refractivity contribution in [2.24, 2.45) is 0 Å². The van der Waals surface area contributed by atoms with Gasteiger partial charge in [0.1, 0.15) is 0 Å². The average Bonchev–Trinajstić information content (AvgIpc) is 2.96. The van der Waals surface area contributed by atoms with Gasteiger partial charge in [-0.05, 0) is 41.8 Å². The number of rotatable bonds is 3. The Morgan fingerprint density at radius 3 is 2.42 bits per heavy atom. The van der Waals surface area contributed by atoms with Crippen LogP contribution in [0.3, 0.4) is 0 Å². The van der Waals surface area contributed by atoms with E-state index in [2.05, 4.69) is 35.4 Å². The zero-order valence-corrected chi connectivity index (χ0v) is 11.1. The second-order valence-electron chi connectivity index (χ2n) is 4.39. The van der Waals surface area contributed by atoms with Crippen molar-refractivity contribution in [2.45, 2.75) is 6.42 Å². The third-order valence-electron chi connectivity index (χ3n) is 3.06. The van der Waals surface area contributed by atoms with Gasteiger partial charge >= 0.3 is 0 Å². The number of aromatic nitrogens is 2. The van der Waals surface area contributed by atoms with Crippen LogP contribution in [0.25, 0.3) is 5.69 Å². The van der Waals surface area contributed by atoms with Gasteiger partial charge < -0.3 is 0 Å². The van der Waals surface area contributed by atoms with Crippen molar-refractivity contribution < 1.29 is 0 Å². The molecule has 1 aromatic heterocycles. The maximum atomic E-state index is 6.17. The van der Waals surface area contributed by atoms with Crippen LogP contribution in [0.15, 0.2) is 67.0 Å². The molecule has 0 amide bonds. The molecule has 0 unspecified atom stereocenters. The van der Waals surface area contributed by atoms with E-state index in [1.165, 1.54) is 5.56 Å². The van der Waals surface area contributed by atoms with Crippen LogP contribution in [0.1, 0.15) is 11.1 Å². The predicted octanol–water partition coefficient (Wildman–Crippen LogP) is 4.12. The van der Waals surface area contributed by atoms with Gasteiger partial charge in [-0.15, -0.1) is 0 Å². The Bertz CT molecular complexity index is 657. The van der Waals surface area contributed by atoms with E-state index in [0.717, 1.165) is 22.7 Å². The lowest BCUT2D eigenvalue weighted by atomic mass is 10.0. The molecule has 0 atom stereocenters. The van der Waals surface area contributed by atoms with E-state index >= 15 is 0 Å². The van der Waals surface area contributed by atoms with E-state index in [1.807, 2.05) is 35.1 Å². The van der Waals surface area contributed by atoms with Gasteiger partial charge in [0, 0.05) is 17.4 Å². The monoisotopic (exact) mass is 268 g/mol. The molecule has 3 heteroatoms. The summed E-state index contributed by atoms with van der Waals surface area (Å²) >= 11 is 6.17. The standard InChI is InChI=1S/C16H13ClN2/c17-16-5-2-1-4-14(16)12-13-6-8-15(9-7-13)19-11-3-10-18-19/h1-11H,12H2. The van der Waals surface area contributed by atoms with Crippen molar-refractivity contribution in [3.05, 3.63) is 83.1 Å². The van der Waals surface area contributed by atoms with Gasteiger partial charge in [0.25, 0.3) is 0 Å². The van der Waals surface area contributed by atoms with Crippen molar-refractivity contribution in [3.63, 3.8) is 0 Å². The van der Waals surface area contributed by atoms with Crippen LogP contribution < -0.4 is 0 Å². The van der Waals surface area contributed by atoms with Crippen LogP contribution in [0.5, 0.6) is 0 Å². The predicted molar refractivity (Wildman–Crippen MR) is 77.8 cm³/mol. The van der Waals surface area contributed by atoms with Crippen LogP contribution in [0.2, 0.25) is 5.02 Å². The largest absolute Gasteiger partial charge is 0.241 e. The molecular weight excluding hydrogens is 256 g/mol. The normalized spacial score (nSPS) is 10.6. The zero-order chi connectivity index (χ0) is 13.1. The fourth-order valence-corrected chi connectivity index (χ4v) is 2.25. The van der Waals surface area contributed by atoms with Crippen LogP contribution in [0, 0.1) is 0 Å². The summed E-state index contributed by atoms with van der Waals surface area (Å²) in [7, 11) is 0. The number of nitrogens with zero attached hydrogens (tertiary/aromatic N) is 2. The number of hydrogen-bond donors (Lipinski definition) is 0. The fraction of sp³-hybridized carbons (Fsp3) is 0.0625. The van der Waals surface area contributed by atoms with Gasteiger partial charge in [0.2, 0.25) is 0 Å². The first-order valence-corrected chi connectivity index (χ1v) is 6.53. The average molecular weight is 269 g/mol. The van der Waals surface area contributed by atoms with Gasteiger partial charge in [-0.25, -0.2) is 4.68 Å². The highest BCUT2D eigenvalue weighted by molar-refractivity contribution is 6.31. The summed E-state index contributed by atoms with van der Waals surface area (Å²) in [5.74, 6) is 0. The molecule has 19 heavy (non-hydrogen) atoms. The second-order valence-corrected chi connectivity index (χ2v) is 4.79. The maximum absolute atomic E-state index is 6.17. The molecule has 3 aromatic rings. The van der Waals surface area contributed by atoms with Crippen molar-refractivity contribution in [3.8, 4) is 5.69 Å². The van der Waals surface area contributed by atoms with Crippen LogP contribution in [-0.4, -0.2) is 9.78 Å². The molecular formula is C16H13ClN2. The lowest BCUT2D eigenvalue weighted by Crippen LogP contribution is -1.95. The van der Waals surface area contributed by atoms with E-state index in [9.17, 15) is 0 Å². The molecule has 1 heterocycles. The molecule has 0 saturated heterocycles. The molecule has 0 radical (unpaired) electrons. The minimum atomic E-state index is 0.818. The highest BCUT2D eigenvalue weighted by Gasteiger charge is 2.01. The molecule has 2 nitrogen and oxygen atoms in total. The second kappa shape index (κ2) is 5.29. The molecule has 0 aliphatic carbocycles. The third kappa shape index (κ3) is 2.69. The van der Waals surface area contributed by atoms with Crippen molar-refractivity contribution in [1.82, 2.24) is 9.78 Å². The number of halogens is 1. The van der Waals surface area contributed by atoms with Gasteiger partial charge in [0.15, 0.2) is 0 Å². The molecule has 0 aliphatic rings. The Labute approximate surface area is 117 Å². The molecule has 0 saturated carbocycles. The molecule has 0 aliphatic heterocycles. The van der Waals surface area contributed by atoms with Crippen molar-refractivity contribution in [1.29, 1.82) is 0 Å². The van der Waals surface area contributed by atoms with Crippen LogP contribution in [-0.2, 0) is 6.42 Å². The molecule has 0 bridgehead atoms. The van der Waals surface area contributed by atoms with Gasteiger partial charge in [-0.2, -0.15) is 5.10 Å². The Morgan fingerprint density at radius 2 is 1.74 bits per heavy atom. The Balaban J connectivity index is 1.82. The lowest BCUT2D eigenvalue weighted by Gasteiger charge is -2.06. The minimum absolute atomic E-state index is 0.818. The van der Waals surface area contributed by atoms with E-state index < -0.39 is 0 Å². The SMILES string of the molecule is Clc1ccccc1Cc1ccc(-n2cccn2)cc1. The number of benzene rings is 2. The van der Waals surface area contributed by atoms with Gasteiger partial charge in [-0.3, -0.25) is 0 Å². The first-order valence-electron chi connectivity index (χ1n) is 6.15. The highest BCUT2D eigenvalue weighted by Crippen LogP contribution is 2.19. The summed E-state index contributed by atoms with van der Waals surface area (Å²) in [4.78, 5) is 0. The molecule has 94 valence electrons. The molecule has 0 N–H and O–H groups in total. The molecule has 2 aromatic carbocycles. The van der Waals surface area contributed by atoms with E-state index in [4.69, 9.17) is 11.6 Å².